The molecule has 1 atom stereocenters. The Bertz CT molecular complexity index is 270. The zero-order chi connectivity index (χ0) is 12.1. The van der Waals surface area contributed by atoms with E-state index < -0.39 is 16.0 Å². The summed E-state index contributed by atoms with van der Waals surface area (Å²) in [6.45, 7) is 6.19. The van der Waals surface area contributed by atoms with Crippen molar-refractivity contribution in [1.29, 1.82) is 0 Å². The van der Waals surface area contributed by atoms with Crippen molar-refractivity contribution >= 4 is 9.84 Å². The van der Waals surface area contributed by atoms with Crippen LogP contribution in [0.15, 0.2) is 0 Å². The van der Waals surface area contributed by atoms with Gasteiger partial charge in [-0.3, -0.25) is 0 Å². The van der Waals surface area contributed by atoms with Gasteiger partial charge < -0.3 is 5.32 Å². The van der Waals surface area contributed by atoms with E-state index in [1.54, 1.807) is 0 Å². The first-order valence-electron chi connectivity index (χ1n) is 5.17. The average Bonchev–Trinajstić information content (AvgIpc) is 1.97. The van der Waals surface area contributed by atoms with Crippen molar-refractivity contribution in [1.82, 2.24) is 5.32 Å². The Morgan fingerprint density at radius 1 is 1.33 bits per heavy atom. The smallest absolute Gasteiger partial charge is 0.147 e. The summed E-state index contributed by atoms with van der Waals surface area (Å²) >= 11 is 0. The van der Waals surface area contributed by atoms with Gasteiger partial charge in [0, 0.05) is 24.1 Å². The van der Waals surface area contributed by atoms with E-state index >= 15 is 0 Å². The van der Waals surface area contributed by atoms with Crippen LogP contribution in [0.1, 0.15) is 33.6 Å². The molecule has 0 heterocycles. The first kappa shape index (κ1) is 14.8. The van der Waals surface area contributed by atoms with Crippen molar-refractivity contribution in [2.24, 2.45) is 0 Å². The van der Waals surface area contributed by atoms with Crippen molar-refractivity contribution in [3.63, 3.8) is 0 Å². The summed E-state index contributed by atoms with van der Waals surface area (Å²) in [4.78, 5) is 0. The molecule has 0 bridgehead atoms. The molecular formula is C10H22FNO2S. The molecule has 5 heteroatoms. The molecule has 0 aromatic carbocycles. The summed E-state index contributed by atoms with van der Waals surface area (Å²) in [5.74, 6) is 0.0724. The molecule has 0 rings (SSSR count). The van der Waals surface area contributed by atoms with Crippen molar-refractivity contribution < 1.29 is 12.8 Å². The summed E-state index contributed by atoms with van der Waals surface area (Å²) in [6, 6.07) is 0. The Kier molecular flexibility index (Phi) is 5.73. The third kappa shape index (κ3) is 11.8. The fourth-order valence-corrected chi connectivity index (χ4v) is 1.78. The van der Waals surface area contributed by atoms with E-state index in [2.05, 4.69) is 5.32 Å². The van der Waals surface area contributed by atoms with E-state index in [0.29, 0.717) is 12.8 Å². The molecule has 0 spiro atoms. The van der Waals surface area contributed by atoms with Crippen LogP contribution < -0.4 is 5.32 Å². The Balaban J connectivity index is 3.63. The summed E-state index contributed by atoms with van der Waals surface area (Å²) in [5, 5.41) is 3.04. The molecule has 1 unspecified atom stereocenters. The van der Waals surface area contributed by atoms with Gasteiger partial charge in [0.05, 0.1) is 0 Å². The van der Waals surface area contributed by atoms with Gasteiger partial charge in [-0.15, -0.1) is 0 Å². The maximum absolute atomic E-state index is 13.3. The van der Waals surface area contributed by atoms with Crippen molar-refractivity contribution in [2.45, 2.75) is 45.3 Å². The van der Waals surface area contributed by atoms with Crippen LogP contribution in [0.4, 0.5) is 4.39 Å². The molecule has 0 radical (unpaired) electrons. The molecule has 0 aliphatic rings. The van der Waals surface area contributed by atoms with Crippen LogP contribution in [0.5, 0.6) is 0 Å². The summed E-state index contributed by atoms with van der Waals surface area (Å²) < 4.78 is 34.8. The molecule has 1 N–H and O–H groups in total. The number of nitrogens with one attached hydrogen (secondary N) is 1. The Morgan fingerprint density at radius 3 is 2.27 bits per heavy atom. The lowest BCUT2D eigenvalue weighted by Gasteiger charge is -2.21. The fraction of sp³-hybridized carbons (Fsp3) is 1.00. The SMILES string of the molecule is CC(C)(C)NCC(F)CCCS(C)(=O)=O. The highest BCUT2D eigenvalue weighted by atomic mass is 32.2. The molecule has 0 saturated heterocycles. The topological polar surface area (TPSA) is 46.2 Å². The first-order valence-corrected chi connectivity index (χ1v) is 7.23. The lowest BCUT2D eigenvalue weighted by atomic mass is 10.1. The van der Waals surface area contributed by atoms with Gasteiger partial charge in [0.2, 0.25) is 0 Å². The molecule has 0 saturated carbocycles. The second kappa shape index (κ2) is 5.80. The number of alkyl halides is 1. The van der Waals surface area contributed by atoms with Crippen LogP contribution in [0.3, 0.4) is 0 Å². The lowest BCUT2D eigenvalue weighted by molar-refractivity contribution is 0.271. The van der Waals surface area contributed by atoms with Crippen LogP contribution in [0.2, 0.25) is 0 Å². The first-order chi connectivity index (χ1) is 6.60. The Hall–Kier alpha value is -0.160. The van der Waals surface area contributed by atoms with Crippen molar-refractivity contribution in [3.8, 4) is 0 Å². The highest BCUT2D eigenvalue weighted by Gasteiger charge is 2.13. The number of hydrogen-bond donors (Lipinski definition) is 1. The normalized spacial score (nSPS) is 15.3. The van der Waals surface area contributed by atoms with Crippen LogP contribution in [0, 0.1) is 0 Å². The van der Waals surface area contributed by atoms with Gasteiger partial charge in [-0.1, -0.05) is 0 Å². The third-order valence-electron chi connectivity index (χ3n) is 1.89. The van der Waals surface area contributed by atoms with Crippen LogP contribution in [0.25, 0.3) is 0 Å². The van der Waals surface area contributed by atoms with Gasteiger partial charge in [0.1, 0.15) is 16.0 Å². The molecule has 0 amide bonds. The zero-order valence-electron chi connectivity index (χ0n) is 10.0. The number of hydrogen-bond acceptors (Lipinski definition) is 3. The number of rotatable bonds is 6. The van der Waals surface area contributed by atoms with E-state index in [-0.39, 0.29) is 17.8 Å². The number of halogens is 1. The molecule has 0 aromatic heterocycles. The molecule has 0 aliphatic carbocycles. The Morgan fingerprint density at radius 2 is 1.87 bits per heavy atom. The largest absolute Gasteiger partial charge is 0.309 e. The van der Waals surface area contributed by atoms with Gasteiger partial charge in [0.15, 0.2) is 0 Å². The summed E-state index contributed by atoms with van der Waals surface area (Å²) in [5.41, 5.74) is -0.0961. The lowest BCUT2D eigenvalue weighted by Crippen LogP contribution is -2.39. The molecule has 15 heavy (non-hydrogen) atoms. The highest BCUT2D eigenvalue weighted by molar-refractivity contribution is 7.90. The van der Waals surface area contributed by atoms with Crippen LogP contribution in [-0.4, -0.2) is 38.7 Å². The molecule has 3 nitrogen and oxygen atoms in total. The maximum atomic E-state index is 13.3. The van der Waals surface area contributed by atoms with Crippen LogP contribution in [-0.2, 0) is 9.84 Å². The van der Waals surface area contributed by atoms with Crippen LogP contribution >= 0.6 is 0 Å². The second-order valence-corrected chi connectivity index (χ2v) is 7.26. The molecular weight excluding hydrogens is 217 g/mol. The van der Waals surface area contributed by atoms with E-state index in [0.717, 1.165) is 0 Å². The van der Waals surface area contributed by atoms with Crippen molar-refractivity contribution in [2.75, 3.05) is 18.6 Å². The average molecular weight is 239 g/mol. The van der Waals surface area contributed by atoms with E-state index in [9.17, 15) is 12.8 Å². The minimum atomic E-state index is -2.95. The number of sulfone groups is 1. The minimum absolute atomic E-state index is 0.0724. The van der Waals surface area contributed by atoms with Gasteiger partial charge >= 0.3 is 0 Å². The molecule has 0 aromatic rings. The fourth-order valence-electron chi connectivity index (χ4n) is 1.09. The standard InChI is InChI=1S/C10H22FNO2S/c1-10(2,3)12-8-9(11)6-5-7-15(4,13)14/h9,12H,5-8H2,1-4H3. The predicted molar refractivity (Wildman–Crippen MR) is 61.6 cm³/mol. The monoisotopic (exact) mass is 239 g/mol. The molecule has 92 valence electrons. The van der Waals surface area contributed by atoms with E-state index in [4.69, 9.17) is 0 Å². The Labute approximate surface area is 92.4 Å². The van der Waals surface area contributed by atoms with Gasteiger partial charge in [-0.2, -0.15) is 0 Å². The summed E-state index contributed by atoms with van der Waals surface area (Å²) in [6.07, 6.45) is 0.904. The third-order valence-corrected chi connectivity index (χ3v) is 2.92. The van der Waals surface area contributed by atoms with Gasteiger partial charge in [-0.05, 0) is 33.6 Å². The van der Waals surface area contributed by atoms with E-state index in [1.165, 1.54) is 6.26 Å². The van der Waals surface area contributed by atoms with Gasteiger partial charge in [0.25, 0.3) is 0 Å². The quantitative estimate of drug-likeness (QED) is 0.764. The zero-order valence-corrected chi connectivity index (χ0v) is 10.8. The maximum Gasteiger partial charge on any atom is 0.147 e. The highest BCUT2D eigenvalue weighted by Crippen LogP contribution is 2.05. The second-order valence-electron chi connectivity index (χ2n) is 5.00. The minimum Gasteiger partial charge on any atom is -0.309 e. The van der Waals surface area contributed by atoms with E-state index in [1.807, 2.05) is 20.8 Å². The molecule has 0 fully saturated rings. The predicted octanol–water partition coefficient (Wildman–Crippen LogP) is 1.54. The molecule has 0 aliphatic heterocycles. The van der Waals surface area contributed by atoms with Gasteiger partial charge in [-0.25, -0.2) is 12.8 Å². The summed E-state index contributed by atoms with van der Waals surface area (Å²) in [7, 11) is -2.95. The van der Waals surface area contributed by atoms with Crippen molar-refractivity contribution in [3.05, 3.63) is 0 Å².